The zero-order valence-corrected chi connectivity index (χ0v) is 20.4. The van der Waals surface area contributed by atoms with Gasteiger partial charge in [0, 0.05) is 13.1 Å². The summed E-state index contributed by atoms with van der Waals surface area (Å²) in [5.41, 5.74) is -0.949. The molecule has 1 aliphatic rings. The fourth-order valence-corrected chi connectivity index (χ4v) is 5.50. The molecule has 0 unspecified atom stereocenters. The molecule has 1 heterocycles. The number of nitrogens with one attached hydrogen (secondary N) is 1. The molecule has 1 saturated heterocycles. The van der Waals surface area contributed by atoms with Gasteiger partial charge in [-0.25, -0.2) is 8.42 Å². The van der Waals surface area contributed by atoms with Crippen molar-refractivity contribution < 1.29 is 31.2 Å². The van der Waals surface area contributed by atoms with Crippen molar-refractivity contribution >= 4 is 33.2 Å². The average Bonchev–Trinajstić information content (AvgIpc) is 3.42. The van der Waals surface area contributed by atoms with Crippen LogP contribution in [0, 0.1) is 0 Å². The monoisotopic (exact) mass is 531 g/mol. The molecule has 3 aromatic rings. The van der Waals surface area contributed by atoms with Crippen molar-refractivity contribution in [2.75, 3.05) is 29.3 Å². The number of nitrogens with zero attached hydrogens (tertiary/aromatic N) is 2. The van der Waals surface area contributed by atoms with E-state index in [4.69, 9.17) is 0 Å². The van der Waals surface area contributed by atoms with Gasteiger partial charge in [-0.2, -0.15) is 13.2 Å². The largest absolute Gasteiger partial charge is 0.416 e. The van der Waals surface area contributed by atoms with Gasteiger partial charge in [0.25, 0.3) is 15.9 Å². The Labute approximate surface area is 212 Å². The maximum Gasteiger partial charge on any atom is 0.416 e. The van der Waals surface area contributed by atoms with Gasteiger partial charge >= 0.3 is 6.18 Å². The van der Waals surface area contributed by atoms with Crippen LogP contribution in [0.25, 0.3) is 0 Å². The Bertz CT molecular complexity index is 1390. The van der Waals surface area contributed by atoms with E-state index in [1.54, 1.807) is 29.2 Å². The van der Waals surface area contributed by atoms with Gasteiger partial charge in [0.2, 0.25) is 5.91 Å². The molecule has 1 aliphatic heterocycles. The second kappa shape index (κ2) is 10.6. The number of hydrogen-bond donors (Lipinski definition) is 1. The van der Waals surface area contributed by atoms with Gasteiger partial charge in [-0.1, -0.05) is 36.4 Å². The molecule has 2 amide bonds. The third-order valence-electron chi connectivity index (χ3n) is 5.90. The van der Waals surface area contributed by atoms with Gasteiger partial charge in [0.15, 0.2) is 0 Å². The fourth-order valence-electron chi connectivity index (χ4n) is 4.06. The molecule has 7 nitrogen and oxygen atoms in total. The molecule has 0 radical (unpaired) electrons. The summed E-state index contributed by atoms with van der Waals surface area (Å²) in [5, 5.41) is 2.57. The van der Waals surface area contributed by atoms with E-state index in [0.29, 0.717) is 23.5 Å². The lowest BCUT2D eigenvalue weighted by molar-refractivity contribution is -0.137. The van der Waals surface area contributed by atoms with E-state index >= 15 is 0 Å². The van der Waals surface area contributed by atoms with Gasteiger partial charge in [-0.3, -0.25) is 13.9 Å². The first kappa shape index (κ1) is 26.2. The topological polar surface area (TPSA) is 86.8 Å². The maximum atomic E-state index is 13.4. The number of anilines is 2. The molecule has 194 valence electrons. The number of halogens is 3. The minimum Gasteiger partial charge on any atom is -0.339 e. The predicted octanol–water partition coefficient (Wildman–Crippen LogP) is 4.78. The fraction of sp³-hybridized carbons (Fsp3) is 0.231. The molecule has 11 heteroatoms. The molecular weight excluding hydrogens is 507 g/mol. The molecule has 1 N–H and O–H groups in total. The van der Waals surface area contributed by atoms with E-state index < -0.39 is 34.2 Å². The molecule has 0 spiro atoms. The number of para-hydroxylation sites is 1. The summed E-state index contributed by atoms with van der Waals surface area (Å²) in [4.78, 5) is 27.5. The van der Waals surface area contributed by atoms with Crippen LogP contribution in [0.15, 0.2) is 83.8 Å². The Morgan fingerprint density at radius 1 is 0.892 bits per heavy atom. The maximum absolute atomic E-state index is 13.4. The summed E-state index contributed by atoms with van der Waals surface area (Å²) in [6, 6.07) is 17.2. The summed E-state index contributed by atoms with van der Waals surface area (Å²) >= 11 is 0. The van der Waals surface area contributed by atoms with Crippen LogP contribution < -0.4 is 9.62 Å². The zero-order valence-electron chi connectivity index (χ0n) is 19.6. The minimum absolute atomic E-state index is 0.186. The van der Waals surface area contributed by atoms with Gasteiger partial charge in [-0.15, -0.1) is 0 Å². The van der Waals surface area contributed by atoms with Crippen molar-refractivity contribution in [3.05, 3.63) is 90.0 Å². The Balaban J connectivity index is 1.66. The lowest BCUT2D eigenvalue weighted by atomic mass is 10.1. The number of carbonyl (C=O) groups excluding carboxylic acids is 2. The predicted molar refractivity (Wildman–Crippen MR) is 133 cm³/mol. The first-order valence-corrected chi connectivity index (χ1v) is 12.9. The quantitative estimate of drug-likeness (QED) is 0.476. The van der Waals surface area contributed by atoms with E-state index in [9.17, 15) is 31.2 Å². The van der Waals surface area contributed by atoms with Gasteiger partial charge in [0.05, 0.1) is 27.4 Å². The number of likely N-dealkylation sites (tertiary alicyclic amines) is 1. The average molecular weight is 532 g/mol. The number of amides is 2. The first-order chi connectivity index (χ1) is 17.6. The van der Waals surface area contributed by atoms with Crippen LogP contribution in [0.2, 0.25) is 0 Å². The normalized spacial score (nSPS) is 13.9. The van der Waals surface area contributed by atoms with E-state index in [-0.39, 0.29) is 27.7 Å². The van der Waals surface area contributed by atoms with Crippen molar-refractivity contribution in [2.45, 2.75) is 23.9 Å². The van der Waals surface area contributed by atoms with Crippen molar-refractivity contribution in [3.63, 3.8) is 0 Å². The third-order valence-corrected chi connectivity index (χ3v) is 7.69. The number of rotatable bonds is 7. The Hall–Kier alpha value is -3.86. The van der Waals surface area contributed by atoms with Crippen LogP contribution in [0.5, 0.6) is 0 Å². The summed E-state index contributed by atoms with van der Waals surface area (Å²) in [6.07, 6.45) is -2.96. The molecule has 1 fully saturated rings. The SMILES string of the molecule is O=C(CN(c1cccc(C(F)(F)F)c1)S(=O)(=O)c1ccccc1)Nc1ccccc1C(=O)N1CCCC1. The molecule has 0 bridgehead atoms. The van der Waals surface area contributed by atoms with Crippen LogP contribution in [-0.4, -0.2) is 44.8 Å². The van der Waals surface area contributed by atoms with Crippen LogP contribution in [0.3, 0.4) is 0 Å². The molecule has 0 saturated carbocycles. The van der Waals surface area contributed by atoms with Crippen LogP contribution in [0.1, 0.15) is 28.8 Å². The zero-order chi connectivity index (χ0) is 26.6. The van der Waals surface area contributed by atoms with Gasteiger partial charge < -0.3 is 10.2 Å². The minimum atomic E-state index is -4.71. The highest BCUT2D eigenvalue weighted by atomic mass is 32.2. The number of carbonyl (C=O) groups is 2. The lowest BCUT2D eigenvalue weighted by Crippen LogP contribution is -2.38. The molecule has 0 atom stereocenters. The van der Waals surface area contributed by atoms with Crippen LogP contribution >= 0.6 is 0 Å². The van der Waals surface area contributed by atoms with Crippen LogP contribution in [-0.2, 0) is 21.0 Å². The molecule has 4 rings (SSSR count). The van der Waals surface area contributed by atoms with Gasteiger partial charge in [0.1, 0.15) is 6.54 Å². The smallest absolute Gasteiger partial charge is 0.339 e. The highest BCUT2D eigenvalue weighted by Crippen LogP contribution is 2.33. The summed E-state index contributed by atoms with van der Waals surface area (Å²) in [6.45, 7) is 0.379. The molecule has 37 heavy (non-hydrogen) atoms. The molecule has 0 aromatic heterocycles. The molecular formula is C26H24F3N3O4S. The second-order valence-electron chi connectivity index (χ2n) is 8.47. The number of alkyl halides is 3. The van der Waals surface area contributed by atoms with E-state index in [1.165, 1.54) is 36.4 Å². The number of hydrogen-bond acceptors (Lipinski definition) is 4. The van der Waals surface area contributed by atoms with Crippen molar-refractivity contribution in [2.24, 2.45) is 0 Å². The Morgan fingerprint density at radius 2 is 1.54 bits per heavy atom. The second-order valence-corrected chi connectivity index (χ2v) is 10.3. The van der Waals surface area contributed by atoms with E-state index in [2.05, 4.69) is 5.32 Å². The highest BCUT2D eigenvalue weighted by molar-refractivity contribution is 7.92. The molecule has 0 aliphatic carbocycles. The Morgan fingerprint density at radius 3 is 2.22 bits per heavy atom. The van der Waals surface area contributed by atoms with Crippen molar-refractivity contribution in [3.8, 4) is 0 Å². The lowest BCUT2D eigenvalue weighted by Gasteiger charge is -2.25. The summed E-state index contributed by atoms with van der Waals surface area (Å²) in [5.74, 6) is -1.08. The number of benzene rings is 3. The first-order valence-electron chi connectivity index (χ1n) is 11.5. The third kappa shape index (κ3) is 5.93. The molecule has 3 aromatic carbocycles. The summed E-state index contributed by atoms with van der Waals surface area (Å²) < 4.78 is 67.6. The Kier molecular flexibility index (Phi) is 7.53. The summed E-state index contributed by atoms with van der Waals surface area (Å²) in [7, 11) is -4.41. The van der Waals surface area contributed by atoms with Crippen molar-refractivity contribution in [1.29, 1.82) is 0 Å². The standard InChI is InChI=1S/C26H24F3N3O4S/c27-26(28,29)19-9-8-10-20(17-19)32(37(35,36)21-11-2-1-3-12-21)18-24(33)30-23-14-5-4-13-22(23)25(34)31-15-6-7-16-31/h1-5,8-14,17H,6-7,15-16,18H2,(H,30,33). The van der Waals surface area contributed by atoms with Gasteiger partial charge in [-0.05, 0) is 55.3 Å². The van der Waals surface area contributed by atoms with E-state index in [0.717, 1.165) is 25.0 Å². The van der Waals surface area contributed by atoms with E-state index in [1.807, 2.05) is 0 Å². The van der Waals surface area contributed by atoms with Crippen molar-refractivity contribution in [1.82, 2.24) is 4.90 Å². The number of sulfonamides is 1. The van der Waals surface area contributed by atoms with Crippen LogP contribution in [0.4, 0.5) is 24.5 Å². The highest BCUT2D eigenvalue weighted by Gasteiger charge is 2.33.